The van der Waals surface area contributed by atoms with Crippen molar-refractivity contribution in [1.29, 1.82) is 0 Å². The Bertz CT molecular complexity index is 543. The highest BCUT2D eigenvalue weighted by Gasteiger charge is 2.14. The molecule has 1 atom stereocenters. The Morgan fingerprint density at radius 2 is 2.39 bits per heavy atom. The maximum Gasteiger partial charge on any atom is 0.322 e. The van der Waals surface area contributed by atoms with Crippen LogP contribution in [0, 0.1) is 0 Å². The standard InChI is InChI=1S/C11H14N4O2S/c1-17-10(16)8(12)5-7-18-11-14-13-9-4-2-3-6-15(9)11/h2-4,6,8H,5,7,12H2,1H3. The van der Waals surface area contributed by atoms with Crippen LogP contribution in [0.4, 0.5) is 0 Å². The Labute approximate surface area is 109 Å². The van der Waals surface area contributed by atoms with E-state index in [1.165, 1.54) is 18.9 Å². The van der Waals surface area contributed by atoms with E-state index in [-0.39, 0.29) is 5.97 Å². The molecule has 18 heavy (non-hydrogen) atoms. The van der Waals surface area contributed by atoms with Gasteiger partial charge in [0.1, 0.15) is 6.04 Å². The van der Waals surface area contributed by atoms with Gasteiger partial charge in [-0.05, 0) is 18.6 Å². The first-order valence-electron chi connectivity index (χ1n) is 5.48. The Balaban J connectivity index is 1.93. The highest BCUT2D eigenvalue weighted by molar-refractivity contribution is 7.99. The Morgan fingerprint density at radius 1 is 1.56 bits per heavy atom. The molecule has 0 spiro atoms. The fourth-order valence-corrected chi connectivity index (χ4v) is 2.41. The topological polar surface area (TPSA) is 82.5 Å². The lowest BCUT2D eigenvalue weighted by Crippen LogP contribution is -2.31. The van der Waals surface area contributed by atoms with Crippen LogP contribution in [0.1, 0.15) is 6.42 Å². The fraction of sp³-hybridized carbons (Fsp3) is 0.364. The molecule has 2 rings (SSSR count). The number of aromatic nitrogens is 3. The molecular formula is C11H14N4O2S. The lowest BCUT2D eigenvalue weighted by Gasteiger charge is -2.07. The van der Waals surface area contributed by atoms with E-state index >= 15 is 0 Å². The SMILES string of the molecule is COC(=O)C(N)CCSc1nnc2ccccn12. The minimum absolute atomic E-state index is 0.387. The van der Waals surface area contributed by atoms with Gasteiger partial charge in [-0.1, -0.05) is 17.8 Å². The maximum absolute atomic E-state index is 11.1. The number of thioether (sulfide) groups is 1. The quantitative estimate of drug-likeness (QED) is 0.634. The molecule has 0 fully saturated rings. The van der Waals surface area contributed by atoms with Crippen LogP contribution in [0.15, 0.2) is 29.6 Å². The molecule has 2 aromatic rings. The maximum atomic E-state index is 11.1. The van der Waals surface area contributed by atoms with Crippen LogP contribution >= 0.6 is 11.8 Å². The molecule has 6 nitrogen and oxygen atoms in total. The van der Waals surface area contributed by atoms with Crippen LogP contribution < -0.4 is 5.73 Å². The second-order valence-corrected chi connectivity index (χ2v) is 4.74. The van der Waals surface area contributed by atoms with Gasteiger partial charge < -0.3 is 10.5 Å². The van der Waals surface area contributed by atoms with E-state index in [1.54, 1.807) is 0 Å². The van der Waals surface area contributed by atoms with E-state index in [2.05, 4.69) is 14.9 Å². The number of pyridine rings is 1. The zero-order valence-electron chi connectivity index (χ0n) is 9.94. The minimum atomic E-state index is -0.582. The number of rotatable bonds is 5. The van der Waals surface area contributed by atoms with Crippen molar-refractivity contribution in [2.45, 2.75) is 17.6 Å². The summed E-state index contributed by atoms with van der Waals surface area (Å²) in [7, 11) is 1.33. The van der Waals surface area contributed by atoms with Crippen LogP contribution in [0.25, 0.3) is 5.65 Å². The number of carbonyl (C=O) groups is 1. The van der Waals surface area contributed by atoms with Crippen LogP contribution in [0.2, 0.25) is 0 Å². The summed E-state index contributed by atoms with van der Waals surface area (Å²) in [5.74, 6) is 0.299. The fourth-order valence-electron chi connectivity index (χ4n) is 1.46. The number of ether oxygens (including phenoxy) is 1. The van der Waals surface area contributed by atoms with Gasteiger partial charge in [0.2, 0.25) is 0 Å². The van der Waals surface area contributed by atoms with E-state index < -0.39 is 6.04 Å². The molecule has 2 aromatic heterocycles. The van der Waals surface area contributed by atoms with Gasteiger partial charge in [0.25, 0.3) is 0 Å². The van der Waals surface area contributed by atoms with Crippen LogP contribution in [0.5, 0.6) is 0 Å². The van der Waals surface area contributed by atoms with E-state index in [0.717, 1.165) is 10.8 Å². The predicted octanol–water partition coefficient (Wildman–Crippen LogP) is 0.712. The predicted molar refractivity (Wildman–Crippen MR) is 68.3 cm³/mol. The van der Waals surface area contributed by atoms with E-state index in [9.17, 15) is 4.79 Å². The molecule has 0 radical (unpaired) electrons. The summed E-state index contributed by atoms with van der Waals surface area (Å²) in [6.45, 7) is 0. The smallest absolute Gasteiger partial charge is 0.322 e. The summed E-state index contributed by atoms with van der Waals surface area (Å²) >= 11 is 1.51. The van der Waals surface area contributed by atoms with Gasteiger partial charge in [0.05, 0.1) is 7.11 Å². The summed E-state index contributed by atoms with van der Waals surface area (Å²) in [6.07, 6.45) is 2.44. The summed E-state index contributed by atoms with van der Waals surface area (Å²) in [5.41, 5.74) is 6.45. The minimum Gasteiger partial charge on any atom is -0.468 e. The number of fused-ring (bicyclic) bond motifs is 1. The number of nitrogens with zero attached hydrogens (tertiary/aromatic N) is 3. The first kappa shape index (κ1) is 12.8. The van der Waals surface area contributed by atoms with E-state index in [0.29, 0.717) is 12.2 Å². The molecular weight excluding hydrogens is 252 g/mol. The van der Waals surface area contributed by atoms with Crippen molar-refractivity contribution in [2.24, 2.45) is 5.73 Å². The Hall–Kier alpha value is -1.60. The van der Waals surface area contributed by atoms with Gasteiger partial charge in [-0.25, -0.2) is 0 Å². The van der Waals surface area contributed by atoms with Gasteiger partial charge in [0.15, 0.2) is 10.8 Å². The van der Waals surface area contributed by atoms with Crippen LogP contribution in [-0.4, -0.2) is 39.5 Å². The highest BCUT2D eigenvalue weighted by Crippen LogP contribution is 2.17. The lowest BCUT2D eigenvalue weighted by molar-refractivity contribution is -0.142. The van der Waals surface area contributed by atoms with Gasteiger partial charge in [0, 0.05) is 11.9 Å². The molecule has 0 saturated heterocycles. The molecule has 96 valence electrons. The van der Waals surface area contributed by atoms with Crippen molar-refractivity contribution in [3.63, 3.8) is 0 Å². The van der Waals surface area contributed by atoms with Crippen LogP contribution in [-0.2, 0) is 9.53 Å². The third-order valence-electron chi connectivity index (χ3n) is 2.45. The number of nitrogens with two attached hydrogens (primary N) is 1. The molecule has 2 heterocycles. The van der Waals surface area contributed by atoms with E-state index in [4.69, 9.17) is 5.73 Å². The average molecular weight is 266 g/mol. The van der Waals surface area contributed by atoms with Crippen molar-refractivity contribution in [2.75, 3.05) is 12.9 Å². The molecule has 0 aliphatic rings. The molecule has 0 aromatic carbocycles. The highest BCUT2D eigenvalue weighted by atomic mass is 32.2. The van der Waals surface area contributed by atoms with Gasteiger partial charge in [-0.3, -0.25) is 9.20 Å². The molecule has 0 bridgehead atoms. The molecule has 0 aliphatic carbocycles. The van der Waals surface area contributed by atoms with Crippen molar-refractivity contribution in [3.8, 4) is 0 Å². The zero-order chi connectivity index (χ0) is 13.0. The molecule has 7 heteroatoms. The van der Waals surface area contributed by atoms with Crippen LogP contribution in [0.3, 0.4) is 0 Å². The number of hydrogen-bond donors (Lipinski definition) is 1. The summed E-state index contributed by atoms with van der Waals surface area (Å²) in [4.78, 5) is 11.1. The van der Waals surface area contributed by atoms with Crippen molar-refractivity contribution >= 4 is 23.4 Å². The molecule has 2 N–H and O–H groups in total. The Morgan fingerprint density at radius 3 is 3.17 bits per heavy atom. The molecule has 1 unspecified atom stereocenters. The number of carbonyl (C=O) groups excluding carboxylic acids is 1. The second kappa shape index (κ2) is 5.83. The third-order valence-corrected chi connectivity index (χ3v) is 3.42. The largest absolute Gasteiger partial charge is 0.468 e. The monoisotopic (exact) mass is 266 g/mol. The van der Waals surface area contributed by atoms with Crippen molar-refractivity contribution in [3.05, 3.63) is 24.4 Å². The third kappa shape index (κ3) is 2.80. The normalized spacial score (nSPS) is 12.6. The average Bonchev–Trinajstić information content (AvgIpc) is 2.81. The van der Waals surface area contributed by atoms with Gasteiger partial charge in [-0.15, -0.1) is 10.2 Å². The summed E-state index contributed by atoms with van der Waals surface area (Å²) in [6, 6.07) is 5.13. The number of methoxy groups -OCH3 is 1. The molecule has 0 amide bonds. The first-order valence-corrected chi connectivity index (χ1v) is 6.47. The van der Waals surface area contributed by atoms with Crippen molar-refractivity contribution < 1.29 is 9.53 Å². The Kier molecular flexibility index (Phi) is 4.16. The second-order valence-electron chi connectivity index (χ2n) is 3.68. The summed E-state index contributed by atoms with van der Waals surface area (Å²) < 4.78 is 6.46. The van der Waals surface area contributed by atoms with Crippen molar-refractivity contribution in [1.82, 2.24) is 14.6 Å². The first-order chi connectivity index (χ1) is 8.72. The van der Waals surface area contributed by atoms with Gasteiger partial charge in [-0.2, -0.15) is 0 Å². The van der Waals surface area contributed by atoms with E-state index in [1.807, 2.05) is 28.8 Å². The molecule has 0 aliphatic heterocycles. The summed E-state index contributed by atoms with van der Waals surface area (Å²) in [5, 5.41) is 8.91. The number of esters is 1. The lowest BCUT2D eigenvalue weighted by atomic mass is 10.2. The van der Waals surface area contributed by atoms with Gasteiger partial charge >= 0.3 is 5.97 Å². The molecule has 0 saturated carbocycles. The zero-order valence-corrected chi connectivity index (χ0v) is 10.8. The number of hydrogen-bond acceptors (Lipinski definition) is 6.